The molecule has 3 rings (SSSR count). The molecule has 2 aromatic carbocycles. The van der Waals surface area contributed by atoms with Crippen LogP contribution in [0.3, 0.4) is 0 Å². The molecule has 0 fully saturated rings. The van der Waals surface area contributed by atoms with E-state index in [-0.39, 0.29) is 10.5 Å². The second-order valence-corrected chi connectivity index (χ2v) is 7.35. The van der Waals surface area contributed by atoms with Gasteiger partial charge in [-0.3, -0.25) is 0 Å². The Kier molecular flexibility index (Phi) is 6.36. The van der Waals surface area contributed by atoms with Gasteiger partial charge in [0.25, 0.3) is 0 Å². The Hall–Kier alpha value is -3.10. The zero-order valence-corrected chi connectivity index (χ0v) is 16.8. The fourth-order valence-corrected chi connectivity index (χ4v) is 3.58. The van der Waals surface area contributed by atoms with Crippen molar-refractivity contribution in [2.24, 2.45) is 0 Å². The minimum Gasteiger partial charge on any atom is -0.478 e. The summed E-state index contributed by atoms with van der Waals surface area (Å²) in [4.78, 5) is 22.7. The molecule has 148 valence electrons. The van der Waals surface area contributed by atoms with Gasteiger partial charge in [-0.25, -0.2) is 9.59 Å². The molecular weight excluding hydrogens is 414 g/mol. The second-order valence-electron chi connectivity index (χ2n) is 5.90. The molecule has 0 amide bonds. The number of aliphatic carboxylic acids is 1. The highest BCUT2D eigenvalue weighted by Gasteiger charge is 2.18. The number of carboxylic acids is 2. The molecule has 3 aromatic rings. The minimum absolute atomic E-state index is 0.0397. The molecule has 7 nitrogen and oxygen atoms in total. The van der Waals surface area contributed by atoms with Crippen molar-refractivity contribution in [3.8, 4) is 11.4 Å². The molecule has 0 atom stereocenters. The van der Waals surface area contributed by atoms with Crippen LogP contribution in [0, 0.1) is 0 Å². The maximum Gasteiger partial charge on any atom is 0.342 e. The fourth-order valence-electron chi connectivity index (χ4n) is 2.57. The summed E-state index contributed by atoms with van der Waals surface area (Å²) >= 11 is 6.91. The van der Waals surface area contributed by atoms with Crippen molar-refractivity contribution >= 4 is 41.4 Å². The lowest BCUT2D eigenvalue weighted by Crippen LogP contribution is -2.03. The quantitative estimate of drug-likeness (QED) is 0.419. The smallest absolute Gasteiger partial charge is 0.342 e. The van der Waals surface area contributed by atoms with Crippen molar-refractivity contribution in [1.82, 2.24) is 14.8 Å². The monoisotopic (exact) mass is 429 g/mol. The van der Waals surface area contributed by atoms with E-state index in [1.54, 1.807) is 24.3 Å². The van der Waals surface area contributed by atoms with Gasteiger partial charge in [-0.15, -0.1) is 10.2 Å². The predicted molar refractivity (Wildman–Crippen MR) is 111 cm³/mol. The van der Waals surface area contributed by atoms with E-state index in [1.165, 1.54) is 18.2 Å². The summed E-state index contributed by atoms with van der Waals surface area (Å²) in [6.45, 7) is 2.47. The Balaban J connectivity index is 1.92. The summed E-state index contributed by atoms with van der Waals surface area (Å²) in [6, 6.07) is 13.1. The summed E-state index contributed by atoms with van der Waals surface area (Å²) in [5.41, 5.74) is 1.52. The lowest BCUT2D eigenvalue weighted by Gasteiger charge is -2.08. The lowest BCUT2D eigenvalue weighted by atomic mass is 10.1. The maximum absolute atomic E-state index is 11.7. The third-order valence-electron chi connectivity index (χ3n) is 4.00. The van der Waals surface area contributed by atoms with Crippen LogP contribution in [0.1, 0.15) is 22.8 Å². The first-order valence-electron chi connectivity index (χ1n) is 8.54. The number of carboxylic acid groups (broad SMARTS) is 2. The summed E-state index contributed by atoms with van der Waals surface area (Å²) in [7, 11) is 0. The van der Waals surface area contributed by atoms with Crippen molar-refractivity contribution in [2.45, 2.75) is 18.6 Å². The predicted octanol–water partition coefficient (Wildman–Crippen LogP) is 4.53. The van der Waals surface area contributed by atoms with E-state index < -0.39 is 11.9 Å². The Bertz CT molecular complexity index is 1080. The van der Waals surface area contributed by atoms with Crippen molar-refractivity contribution in [3.05, 3.63) is 69.6 Å². The van der Waals surface area contributed by atoms with Crippen LogP contribution in [-0.4, -0.2) is 36.9 Å². The van der Waals surface area contributed by atoms with Crippen molar-refractivity contribution in [1.29, 1.82) is 0 Å². The Morgan fingerprint density at radius 3 is 2.28 bits per heavy atom. The molecule has 9 heteroatoms. The molecule has 0 aliphatic heterocycles. The number of aromatic carboxylic acids is 1. The van der Waals surface area contributed by atoms with Gasteiger partial charge >= 0.3 is 11.9 Å². The molecule has 0 aliphatic carbocycles. The summed E-state index contributed by atoms with van der Waals surface area (Å²) in [5.74, 6) is -1.54. The van der Waals surface area contributed by atoms with E-state index in [0.29, 0.717) is 28.1 Å². The SMILES string of the molecule is CCn1c(S/C(=C\c2ccc(C(=O)O)cc2)C(=O)O)nnc1-c1ccc(Cl)cc1. The Morgan fingerprint density at radius 1 is 1.07 bits per heavy atom. The zero-order valence-electron chi connectivity index (χ0n) is 15.2. The van der Waals surface area contributed by atoms with Crippen LogP contribution in [0.15, 0.2) is 58.6 Å². The number of nitrogens with zero attached hydrogens (tertiary/aromatic N) is 3. The first kappa shape index (κ1) is 20.6. The third-order valence-corrected chi connectivity index (χ3v) is 5.25. The largest absolute Gasteiger partial charge is 0.478 e. The summed E-state index contributed by atoms with van der Waals surface area (Å²) in [5, 5.41) is 28.0. The number of halogens is 1. The number of aromatic nitrogens is 3. The van der Waals surface area contributed by atoms with E-state index in [9.17, 15) is 14.7 Å². The van der Waals surface area contributed by atoms with Gasteiger partial charge in [0.1, 0.15) is 4.91 Å². The minimum atomic E-state index is -1.11. The van der Waals surface area contributed by atoms with Crippen molar-refractivity contribution in [2.75, 3.05) is 0 Å². The molecule has 2 N–H and O–H groups in total. The molecule has 0 saturated heterocycles. The van der Waals surface area contributed by atoms with Gasteiger partial charge in [0.05, 0.1) is 5.56 Å². The van der Waals surface area contributed by atoms with E-state index in [0.717, 1.165) is 17.3 Å². The topological polar surface area (TPSA) is 105 Å². The summed E-state index contributed by atoms with van der Waals surface area (Å²) in [6.07, 6.45) is 1.47. The Labute approximate surface area is 175 Å². The molecule has 0 bridgehead atoms. The van der Waals surface area contributed by atoms with Gasteiger partial charge in [-0.05, 0) is 66.7 Å². The highest BCUT2D eigenvalue weighted by molar-refractivity contribution is 8.04. The first-order valence-corrected chi connectivity index (χ1v) is 9.73. The highest BCUT2D eigenvalue weighted by atomic mass is 35.5. The molecular formula is C20H16ClN3O4S. The van der Waals surface area contributed by atoms with Crippen molar-refractivity contribution in [3.63, 3.8) is 0 Å². The molecule has 0 unspecified atom stereocenters. The molecule has 1 aromatic heterocycles. The van der Waals surface area contributed by atoms with Crippen molar-refractivity contribution < 1.29 is 19.8 Å². The fraction of sp³-hybridized carbons (Fsp3) is 0.100. The van der Waals surface area contributed by atoms with Gasteiger partial charge < -0.3 is 14.8 Å². The van der Waals surface area contributed by atoms with Gasteiger partial charge in [-0.1, -0.05) is 23.7 Å². The standard InChI is InChI=1S/C20H16ClN3O4S/c1-2-24-17(13-7-9-15(21)10-8-13)22-23-20(24)29-16(19(27)28)11-12-3-5-14(6-4-12)18(25)26/h3-11H,2H2,1H3,(H,25,26)(H,27,28)/b16-11-. The van der Waals surface area contributed by atoms with Crippen LogP contribution in [0.4, 0.5) is 0 Å². The number of thioether (sulfide) groups is 1. The van der Waals surface area contributed by atoms with E-state index >= 15 is 0 Å². The highest BCUT2D eigenvalue weighted by Crippen LogP contribution is 2.30. The van der Waals surface area contributed by atoms with Crippen LogP contribution < -0.4 is 0 Å². The van der Waals surface area contributed by atoms with E-state index in [1.807, 2.05) is 23.6 Å². The number of hydrogen-bond acceptors (Lipinski definition) is 5. The normalized spacial score (nSPS) is 11.4. The molecule has 0 aliphatic rings. The third kappa shape index (κ3) is 4.85. The molecule has 0 radical (unpaired) electrons. The zero-order chi connectivity index (χ0) is 21.0. The summed E-state index contributed by atoms with van der Waals surface area (Å²) < 4.78 is 1.82. The Morgan fingerprint density at radius 2 is 1.72 bits per heavy atom. The molecule has 1 heterocycles. The van der Waals surface area contributed by atoms with Crippen LogP contribution in [0.5, 0.6) is 0 Å². The van der Waals surface area contributed by atoms with Crippen LogP contribution in [0.2, 0.25) is 5.02 Å². The lowest BCUT2D eigenvalue weighted by molar-refractivity contribution is -0.131. The second kappa shape index (κ2) is 8.93. The first-order chi connectivity index (χ1) is 13.9. The average molecular weight is 430 g/mol. The van der Waals surface area contributed by atoms with Gasteiger partial charge in [0.2, 0.25) is 0 Å². The molecule has 0 saturated carbocycles. The number of hydrogen-bond donors (Lipinski definition) is 2. The van der Waals surface area contributed by atoms with Gasteiger partial charge in [-0.2, -0.15) is 0 Å². The number of rotatable bonds is 7. The van der Waals surface area contributed by atoms with Gasteiger partial charge in [0, 0.05) is 17.1 Å². The average Bonchev–Trinajstić information content (AvgIpc) is 3.11. The van der Waals surface area contributed by atoms with E-state index in [2.05, 4.69) is 10.2 Å². The maximum atomic E-state index is 11.7. The van der Waals surface area contributed by atoms with Crippen LogP contribution in [0.25, 0.3) is 17.5 Å². The van der Waals surface area contributed by atoms with Gasteiger partial charge in [0.15, 0.2) is 11.0 Å². The molecule has 0 spiro atoms. The molecule has 29 heavy (non-hydrogen) atoms. The van der Waals surface area contributed by atoms with Crippen LogP contribution in [-0.2, 0) is 11.3 Å². The number of carbonyl (C=O) groups is 2. The van der Waals surface area contributed by atoms with E-state index in [4.69, 9.17) is 16.7 Å². The van der Waals surface area contributed by atoms with Crippen LogP contribution >= 0.6 is 23.4 Å². The number of benzene rings is 2.